The van der Waals surface area contributed by atoms with Gasteiger partial charge in [0, 0.05) is 36.9 Å². The fraction of sp³-hybridized carbons (Fsp3) is 0.500. The third-order valence-electron chi connectivity index (χ3n) is 6.26. The molecule has 2 aromatic carbocycles. The van der Waals surface area contributed by atoms with Crippen LogP contribution >= 0.6 is 0 Å². The highest BCUT2D eigenvalue weighted by Gasteiger charge is 2.43. The number of carbonyl (C=O) groups excluding carboxylic acids is 2. The minimum Gasteiger partial charge on any atom is -0.497 e. The van der Waals surface area contributed by atoms with Gasteiger partial charge in [-0.05, 0) is 36.2 Å². The Labute approximate surface area is 237 Å². The third-order valence-corrected chi connectivity index (χ3v) is 6.87. The number of aliphatic hydroxyl groups is 1. The highest BCUT2D eigenvalue weighted by Crippen LogP contribution is 2.37. The number of aliphatic hydroxyl groups excluding tert-OH is 1. The zero-order valence-electron chi connectivity index (χ0n) is 23.3. The molecular formula is C28H39N3O8S. The number of rotatable bonds is 14. The number of nitrogens with one attached hydrogen (secondary N) is 3. The second kappa shape index (κ2) is 15.1. The van der Waals surface area contributed by atoms with Crippen LogP contribution in [0.25, 0.3) is 0 Å². The molecule has 4 atom stereocenters. The van der Waals surface area contributed by atoms with Crippen molar-refractivity contribution in [1.29, 1.82) is 0 Å². The molecule has 1 heterocycles. The van der Waals surface area contributed by atoms with Gasteiger partial charge in [0.1, 0.15) is 30.3 Å². The molecule has 0 aliphatic carbocycles. The maximum atomic E-state index is 13.0. The molecule has 220 valence electrons. The third kappa shape index (κ3) is 9.56. The minimum absolute atomic E-state index is 0.0398. The molecule has 3 rings (SSSR count). The molecule has 1 aliphatic heterocycles. The number of hydrogen-bond acceptors (Lipinski definition) is 8. The van der Waals surface area contributed by atoms with Gasteiger partial charge in [0.25, 0.3) is 0 Å². The summed E-state index contributed by atoms with van der Waals surface area (Å²) in [6.07, 6.45) is -1.19. The molecule has 0 radical (unpaired) electrons. The quantitative estimate of drug-likeness (QED) is 0.248. The molecule has 0 aromatic heterocycles. The summed E-state index contributed by atoms with van der Waals surface area (Å²) in [4.78, 5) is 25.4. The molecule has 2 amide bonds. The maximum absolute atomic E-state index is 13.0. The normalized spacial score (nSPS) is 19.7. The van der Waals surface area contributed by atoms with E-state index >= 15 is 0 Å². The lowest BCUT2D eigenvalue weighted by Gasteiger charge is -2.41. The Kier molecular flexibility index (Phi) is 11.9. The molecule has 0 spiro atoms. The lowest BCUT2D eigenvalue weighted by molar-refractivity contribution is -0.258. The fourth-order valence-corrected chi connectivity index (χ4v) is 4.40. The van der Waals surface area contributed by atoms with Crippen LogP contribution in [0.4, 0.5) is 0 Å². The van der Waals surface area contributed by atoms with Crippen molar-refractivity contribution in [3.63, 3.8) is 0 Å². The predicted octanol–water partition coefficient (Wildman–Crippen LogP) is 1.58. The van der Waals surface area contributed by atoms with Crippen LogP contribution in [0.2, 0.25) is 0 Å². The van der Waals surface area contributed by atoms with Crippen LogP contribution in [-0.2, 0) is 36.6 Å². The number of benzene rings is 2. The fourth-order valence-electron chi connectivity index (χ4n) is 4.03. The van der Waals surface area contributed by atoms with Crippen molar-refractivity contribution in [3.8, 4) is 11.5 Å². The zero-order valence-corrected chi connectivity index (χ0v) is 24.1. The molecule has 3 unspecified atom stereocenters. The topological polar surface area (TPSA) is 144 Å². The molecule has 1 aliphatic rings. The summed E-state index contributed by atoms with van der Waals surface area (Å²) < 4.78 is 36.5. The average molecular weight is 578 g/mol. The van der Waals surface area contributed by atoms with Crippen LogP contribution < -0.4 is 24.8 Å². The number of amides is 2. The highest BCUT2D eigenvalue weighted by atomic mass is 32.2. The van der Waals surface area contributed by atoms with E-state index in [4.69, 9.17) is 18.9 Å². The minimum atomic E-state index is -1.30. The van der Waals surface area contributed by atoms with Crippen LogP contribution in [0.15, 0.2) is 48.5 Å². The zero-order chi connectivity index (χ0) is 29.1. The van der Waals surface area contributed by atoms with Gasteiger partial charge in [-0.15, -0.1) is 0 Å². The first-order chi connectivity index (χ1) is 19.1. The molecule has 1 saturated heterocycles. The number of methoxy groups -OCH3 is 1. The van der Waals surface area contributed by atoms with E-state index in [9.17, 15) is 18.9 Å². The van der Waals surface area contributed by atoms with Gasteiger partial charge in [-0.25, -0.2) is 8.93 Å². The molecule has 0 bridgehead atoms. The lowest BCUT2D eigenvalue weighted by atomic mass is 9.85. The van der Waals surface area contributed by atoms with Crippen LogP contribution in [0.1, 0.15) is 37.7 Å². The molecule has 2 aromatic rings. The summed E-state index contributed by atoms with van der Waals surface area (Å²) in [5, 5.41) is 15.8. The number of hydrogen-bond donors (Lipinski definition) is 4. The second-order valence-corrected chi connectivity index (χ2v) is 11.3. The van der Waals surface area contributed by atoms with Gasteiger partial charge in [0.05, 0.1) is 24.7 Å². The van der Waals surface area contributed by atoms with Crippen molar-refractivity contribution >= 4 is 22.8 Å². The number of ether oxygens (including phenoxy) is 4. The Bertz CT molecular complexity index is 1140. The van der Waals surface area contributed by atoms with Gasteiger partial charge in [-0.2, -0.15) is 0 Å². The molecule has 40 heavy (non-hydrogen) atoms. The van der Waals surface area contributed by atoms with E-state index < -0.39 is 40.8 Å². The van der Waals surface area contributed by atoms with Crippen molar-refractivity contribution in [2.24, 2.45) is 5.41 Å². The van der Waals surface area contributed by atoms with Gasteiger partial charge in [0.15, 0.2) is 6.29 Å². The standard InChI is InChI=1S/C28H39N3O8S/c1-28(2)18-38-27(20-8-10-21(36-3)11-9-20)39-24(28)26(34)29-13-12-23(32)25(33)30-17-19-6-5-7-22(16-19)37-15-14-31-40(4)35/h5-11,16,23-24,27,31-32H,12-15,17-18H2,1-4H3,(H,29,34)(H,30,33)/t23?,24-,27?,40?/m0/s1. The van der Waals surface area contributed by atoms with Gasteiger partial charge in [-0.3, -0.25) is 9.59 Å². The smallest absolute Gasteiger partial charge is 0.249 e. The van der Waals surface area contributed by atoms with E-state index in [1.54, 1.807) is 43.7 Å². The van der Waals surface area contributed by atoms with E-state index in [2.05, 4.69) is 15.4 Å². The van der Waals surface area contributed by atoms with Crippen molar-refractivity contribution < 1.29 is 37.9 Å². The van der Waals surface area contributed by atoms with E-state index in [1.807, 2.05) is 32.0 Å². The van der Waals surface area contributed by atoms with E-state index in [0.717, 1.165) is 11.1 Å². The summed E-state index contributed by atoms with van der Waals surface area (Å²) in [6, 6.07) is 14.4. The molecule has 0 saturated carbocycles. The molecule has 4 N–H and O–H groups in total. The lowest BCUT2D eigenvalue weighted by Crippen LogP contribution is -2.52. The van der Waals surface area contributed by atoms with Crippen LogP contribution in [0.5, 0.6) is 11.5 Å². The van der Waals surface area contributed by atoms with Crippen molar-refractivity contribution in [3.05, 3.63) is 59.7 Å². The molecular weight excluding hydrogens is 538 g/mol. The van der Waals surface area contributed by atoms with Crippen LogP contribution in [0, 0.1) is 5.41 Å². The van der Waals surface area contributed by atoms with Gasteiger partial charge >= 0.3 is 0 Å². The molecule has 12 heteroatoms. The Morgan fingerprint density at radius 3 is 2.58 bits per heavy atom. The summed E-state index contributed by atoms with van der Waals surface area (Å²) >= 11 is 0. The molecule has 1 fully saturated rings. The Morgan fingerprint density at radius 2 is 1.88 bits per heavy atom. The summed E-state index contributed by atoms with van der Waals surface area (Å²) in [5.41, 5.74) is 0.986. The average Bonchev–Trinajstić information content (AvgIpc) is 2.94. The molecule has 11 nitrogen and oxygen atoms in total. The first-order valence-electron chi connectivity index (χ1n) is 13.0. The SMILES string of the molecule is COc1ccc(C2OCC(C)(C)[C@H](C(=O)NCCC(O)C(=O)NCc3cccc(OCCNS(C)=O)c3)O2)cc1. The van der Waals surface area contributed by atoms with Crippen molar-refractivity contribution in [2.75, 3.05) is 39.7 Å². The van der Waals surface area contributed by atoms with Gasteiger partial charge in [-0.1, -0.05) is 38.1 Å². The van der Waals surface area contributed by atoms with E-state index in [0.29, 0.717) is 31.3 Å². The monoisotopic (exact) mass is 577 g/mol. The summed E-state index contributed by atoms with van der Waals surface area (Å²) in [5.74, 6) is 0.440. The summed E-state index contributed by atoms with van der Waals surface area (Å²) in [6.45, 7) is 5.16. The van der Waals surface area contributed by atoms with Gasteiger partial charge < -0.3 is 34.7 Å². The number of carbonyl (C=O) groups is 2. The Hall–Kier alpha value is -3.03. The van der Waals surface area contributed by atoms with Crippen molar-refractivity contribution in [1.82, 2.24) is 15.4 Å². The Morgan fingerprint density at radius 1 is 1.12 bits per heavy atom. The second-order valence-electron chi connectivity index (χ2n) is 10.1. The highest BCUT2D eigenvalue weighted by molar-refractivity contribution is 7.82. The Balaban J connectivity index is 1.42. The maximum Gasteiger partial charge on any atom is 0.249 e. The van der Waals surface area contributed by atoms with Crippen molar-refractivity contribution in [2.45, 2.75) is 45.3 Å². The van der Waals surface area contributed by atoms with E-state index in [1.165, 1.54) is 0 Å². The largest absolute Gasteiger partial charge is 0.497 e. The van der Waals surface area contributed by atoms with Crippen LogP contribution in [0.3, 0.4) is 0 Å². The first-order valence-corrected chi connectivity index (χ1v) is 14.6. The van der Waals surface area contributed by atoms with Crippen LogP contribution in [-0.4, -0.2) is 73.0 Å². The van der Waals surface area contributed by atoms with Gasteiger partial charge in [0.2, 0.25) is 11.8 Å². The summed E-state index contributed by atoms with van der Waals surface area (Å²) in [7, 11) is 0.485. The predicted molar refractivity (Wildman–Crippen MR) is 150 cm³/mol. The van der Waals surface area contributed by atoms with E-state index in [-0.39, 0.29) is 25.4 Å². The first kappa shape index (κ1) is 31.5.